The standard InChI is InChI=1S/C26H29N7O4/c1-15-20(16(2)24(36-5)31-23(15)35-4)21-25(34)32(3)22-19(29-21)14-27-26(30-22)28-17-6-8-18(9-7-17)33-10-12-37-13-11-33/h6-9,14H,10-13H2,1-5H3,(H,27,28,30). The number of benzene rings is 1. The number of aromatic nitrogens is 5. The minimum atomic E-state index is -0.298. The van der Waals surface area contributed by atoms with Gasteiger partial charge in [0, 0.05) is 48.2 Å². The molecule has 1 aliphatic heterocycles. The van der Waals surface area contributed by atoms with Gasteiger partial charge in [-0.2, -0.15) is 9.97 Å². The monoisotopic (exact) mass is 503 g/mol. The summed E-state index contributed by atoms with van der Waals surface area (Å²) in [5, 5.41) is 3.22. The second kappa shape index (κ2) is 10.0. The lowest BCUT2D eigenvalue weighted by Gasteiger charge is -2.28. The Labute approximate surface area is 214 Å². The van der Waals surface area contributed by atoms with Crippen LogP contribution in [0.15, 0.2) is 35.3 Å². The van der Waals surface area contributed by atoms with E-state index in [-0.39, 0.29) is 11.3 Å². The SMILES string of the molecule is COc1nc(OC)c(C)c(-c2nc3cnc(Nc4ccc(N5CCOCC5)cc4)nc3n(C)c2=O)c1C. The Hall–Kier alpha value is -4.25. The van der Waals surface area contributed by atoms with E-state index in [0.717, 1.165) is 37.7 Å². The summed E-state index contributed by atoms with van der Waals surface area (Å²) < 4.78 is 17.7. The van der Waals surface area contributed by atoms with Gasteiger partial charge in [-0.3, -0.25) is 9.36 Å². The van der Waals surface area contributed by atoms with Crippen LogP contribution in [0.2, 0.25) is 0 Å². The van der Waals surface area contributed by atoms with E-state index in [2.05, 4.69) is 42.3 Å². The third kappa shape index (κ3) is 4.53. The highest BCUT2D eigenvalue weighted by Gasteiger charge is 2.22. The average Bonchev–Trinajstić information content (AvgIpc) is 2.93. The number of anilines is 3. The normalized spacial score (nSPS) is 13.6. The zero-order valence-corrected chi connectivity index (χ0v) is 21.5. The van der Waals surface area contributed by atoms with Crippen LogP contribution in [0.5, 0.6) is 11.8 Å². The fourth-order valence-corrected chi connectivity index (χ4v) is 4.55. The molecule has 0 spiro atoms. The van der Waals surface area contributed by atoms with Crippen LogP contribution in [-0.4, -0.2) is 65.0 Å². The van der Waals surface area contributed by atoms with Crippen LogP contribution < -0.4 is 25.2 Å². The Balaban J connectivity index is 1.49. The van der Waals surface area contributed by atoms with Crippen molar-refractivity contribution in [3.8, 4) is 23.0 Å². The van der Waals surface area contributed by atoms with E-state index in [1.165, 1.54) is 18.8 Å². The van der Waals surface area contributed by atoms with Gasteiger partial charge < -0.3 is 24.4 Å². The van der Waals surface area contributed by atoms with Crippen LogP contribution in [-0.2, 0) is 11.8 Å². The minimum absolute atomic E-state index is 0.256. The topological polar surface area (TPSA) is 117 Å². The van der Waals surface area contributed by atoms with E-state index in [9.17, 15) is 4.79 Å². The van der Waals surface area contributed by atoms with Crippen molar-refractivity contribution in [2.45, 2.75) is 13.8 Å². The fourth-order valence-electron chi connectivity index (χ4n) is 4.55. The van der Waals surface area contributed by atoms with Gasteiger partial charge >= 0.3 is 0 Å². The van der Waals surface area contributed by atoms with E-state index >= 15 is 0 Å². The number of pyridine rings is 1. The van der Waals surface area contributed by atoms with Crippen molar-refractivity contribution >= 4 is 28.5 Å². The second-order valence-electron chi connectivity index (χ2n) is 8.75. The van der Waals surface area contributed by atoms with E-state index in [1.807, 2.05) is 26.0 Å². The van der Waals surface area contributed by atoms with Gasteiger partial charge in [-0.15, -0.1) is 0 Å². The molecule has 1 fully saturated rings. The van der Waals surface area contributed by atoms with E-state index < -0.39 is 0 Å². The number of hydrogen-bond acceptors (Lipinski definition) is 10. The molecule has 37 heavy (non-hydrogen) atoms. The number of rotatable bonds is 6. The first-order chi connectivity index (χ1) is 17.9. The molecule has 0 amide bonds. The van der Waals surface area contributed by atoms with Gasteiger partial charge in [0.15, 0.2) is 5.65 Å². The molecule has 5 rings (SSSR count). The molecular weight excluding hydrogens is 474 g/mol. The Morgan fingerprint density at radius 2 is 1.59 bits per heavy atom. The average molecular weight is 504 g/mol. The maximum absolute atomic E-state index is 13.4. The quantitative estimate of drug-likeness (QED) is 0.421. The maximum atomic E-state index is 13.4. The highest BCUT2D eigenvalue weighted by Crippen LogP contribution is 2.34. The van der Waals surface area contributed by atoms with E-state index in [4.69, 9.17) is 14.2 Å². The number of ether oxygens (including phenoxy) is 3. The number of aryl methyl sites for hydroxylation is 1. The zero-order chi connectivity index (χ0) is 26.1. The molecule has 0 aliphatic carbocycles. The Bertz CT molecular complexity index is 1480. The molecule has 1 aliphatic rings. The molecule has 0 atom stereocenters. The van der Waals surface area contributed by atoms with Gasteiger partial charge in [-0.1, -0.05) is 0 Å². The summed E-state index contributed by atoms with van der Waals surface area (Å²) >= 11 is 0. The lowest BCUT2D eigenvalue weighted by atomic mass is 10.0. The van der Waals surface area contributed by atoms with Gasteiger partial charge in [-0.25, -0.2) is 9.97 Å². The molecule has 11 heteroatoms. The maximum Gasteiger partial charge on any atom is 0.278 e. The van der Waals surface area contributed by atoms with Gasteiger partial charge in [0.25, 0.3) is 5.56 Å². The van der Waals surface area contributed by atoms with Crippen molar-refractivity contribution in [2.75, 3.05) is 50.7 Å². The first-order valence-electron chi connectivity index (χ1n) is 11.9. The van der Waals surface area contributed by atoms with E-state index in [0.29, 0.717) is 45.6 Å². The number of nitrogens with one attached hydrogen (secondary N) is 1. The second-order valence-corrected chi connectivity index (χ2v) is 8.75. The Kier molecular flexibility index (Phi) is 6.62. The number of fused-ring (bicyclic) bond motifs is 1. The van der Waals surface area contributed by atoms with Crippen LogP contribution >= 0.6 is 0 Å². The van der Waals surface area contributed by atoms with Crippen LogP contribution in [0.25, 0.3) is 22.4 Å². The van der Waals surface area contributed by atoms with Crippen LogP contribution in [0, 0.1) is 13.8 Å². The van der Waals surface area contributed by atoms with Gasteiger partial charge in [0.1, 0.15) is 11.2 Å². The fraction of sp³-hybridized carbons (Fsp3) is 0.346. The summed E-state index contributed by atoms with van der Waals surface area (Å²) in [4.78, 5) is 33.8. The van der Waals surface area contributed by atoms with Gasteiger partial charge in [0.05, 0.1) is 33.6 Å². The Morgan fingerprint density at radius 3 is 2.22 bits per heavy atom. The summed E-state index contributed by atoms with van der Waals surface area (Å²) in [6.45, 7) is 6.91. The molecule has 3 aromatic heterocycles. The number of nitrogens with zero attached hydrogens (tertiary/aromatic N) is 6. The highest BCUT2D eigenvalue weighted by atomic mass is 16.5. The van der Waals surface area contributed by atoms with Gasteiger partial charge in [0.2, 0.25) is 17.7 Å². The predicted octanol–water partition coefficient (Wildman–Crippen LogP) is 3.00. The minimum Gasteiger partial charge on any atom is -0.481 e. The van der Waals surface area contributed by atoms with Crippen molar-refractivity contribution in [3.05, 3.63) is 51.9 Å². The molecule has 0 bridgehead atoms. The summed E-state index contributed by atoms with van der Waals surface area (Å²) in [7, 11) is 4.72. The van der Waals surface area contributed by atoms with Crippen molar-refractivity contribution < 1.29 is 14.2 Å². The zero-order valence-electron chi connectivity index (χ0n) is 21.5. The van der Waals surface area contributed by atoms with Crippen molar-refractivity contribution in [3.63, 3.8) is 0 Å². The molecule has 1 aromatic carbocycles. The highest BCUT2D eigenvalue weighted by molar-refractivity contribution is 5.78. The summed E-state index contributed by atoms with van der Waals surface area (Å²) in [6.07, 6.45) is 1.61. The lowest BCUT2D eigenvalue weighted by Crippen LogP contribution is -2.36. The lowest BCUT2D eigenvalue weighted by molar-refractivity contribution is 0.122. The largest absolute Gasteiger partial charge is 0.481 e. The van der Waals surface area contributed by atoms with Crippen LogP contribution in [0.4, 0.5) is 17.3 Å². The predicted molar refractivity (Wildman–Crippen MR) is 141 cm³/mol. The molecule has 0 saturated carbocycles. The molecule has 1 N–H and O–H groups in total. The molecule has 11 nitrogen and oxygen atoms in total. The smallest absolute Gasteiger partial charge is 0.278 e. The van der Waals surface area contributed by atoms with Gasteiger partial charge in [-0.05, 0) is 38.1 Å². The molecule has 4 aromatic rings. The number of morpholine rings is 1. The first-order valence-corrected chi connectivity index (χ1v) is 11.9. The summed E-state index contributed by atoms with van der Waals surface area (Å²) in [5.41, 5.74) is 4.86. The van der Waals surface area contributed by atoms with Crippen molar-refractivity contribution in [1.29, 1.82) is 0 Å². The molecule has 4 heterocycles. The van der Waals surface area contributed by atoms with Crippen LogP contribution in [0.1, 0.15) is 11.1 Å². The number of methoxy groups -OCH3 is 2. The van der Waals surface area contributed by atoms with Crippen molar-refractivity contribution in [1.82, 2.24) is 24.5 Å². The summed E-state index contributed by atoms with van der Waals surface area (Å²) in [6, 6.07) is 8.07. The molecule has 1 saturated heterocycles. The molecule has 0 radical (unpaired) electrons. The summed E-state index contributed by atoms with van der Waals surface area (Å²) in [5.74, 6) is 1.12. The third-order valence-electron chi connectivity index (χ3n) is 6.53. The van der Waals surface area contributed by atoms with Crippen molar-refractivity contribution in [2.24, 2.45) is 7.05 Å². The molecular formula is C26H29N7O4. The first kappa shape index (κ1) is 24.4. The molecule has 0 unspecified atom stereocenters. The molecule has 192 valence electrons. The van der Waals surface area contributed by atoms with E-state index in [1.54, 1.807) is 13.2 Å². The Morgan fingerprint density at radius 1 is 0.946 bits per heavy atom. The van der Waals surface area contributed by atoms with Crippen LogP contribution in [0.3, 0.4) is 0 Å². The third-order valence-corrected chi connectivity index (χ3v) is 6.53. The number of hydrogen-bond donors (Lipinski definition) is 1.